The number of amides is 1. The zero-order valence-corrected chi connectivity index (χ0v) is 21.0. The van der Waals surface area contributed by atoms with Crippen LogP contribution in [0.5, 0.6) is 0 Å². The first-order valence-electron chi connectivity index (χ1n) is 11.3. The molecule has 1 fully saturated rings. The molecule has 0 radical (unpaired) electrons. The molecule has 1 atom stereocenters. The number of hydrogen-bond donors (Lipinski definition) is 0. The molecule has 2 aromatic carbocycles. The van der Waals surface area contributed by atoms with Crippen LogP contribution in [0.4, 0.5) is 5.13 Å². The van der Waals surface area contributed by atoms with Gasteiger partial charge in [0.25, 0.3) is 0 Å². The van der Waals surface area contributed by atoms with Crippen molar-refractivity contribution in [1.82, 2.24) is 4.98 Å². The summed E-state index contributed by atoms with van der Waals surface area (Å²) in [6, 6.07) is 11.0. The fourth-order valence-electron chi connectivity index (χ4n) is 4.17. The quantitative estimate of drug-likeness (QED) is 0.448. The van der Waals surface area contributed by atoms with Gasteiger partial charge in [-0.1, -0.05) is 35.1 Å². The average Bonchev–Trinajstić information content (AvgIpc) is 3.42. The van der Waals surface area contributed by atoms with Crippen molar-refractivity contribution in [2.24, 2.45) is 0 Å². The molecule has 6 nitrogen and oxygen atoms in total. The van der Waals surface area contributed by atoms with Crippen LogP contribution < -0.4 is 4.90 Å². The van der Waals surface area contributed by atoms with E-state index >= 15 is 0 Å². The van der Waals surface area contributed by atoms with Gasteiger partial charge < -0.3 is 4.74 Å². The van der Waals surface area contributed by atoms with Crippen molar-refractivity contribution in [3.05, 3.63) is 53.1 Å². The van der Waals surface area contributed by atoms with Gasteiger partial charge in [0, 0.05) is 13.0 Å². The molecule has 0 bridgehead atoms. The van der Waals surface area contributed by atoms with E-state index in [-0.39, 0.29) is 30.6 Å². The van der Waals surface area contributed by atoms with Gasteiger partial charge in [-0.25, -0.2) is 13.4 Å². The lowest BCUT2D eigenvalue weighted by molar-refractivity contribution is -0.119. The van der Waals surface area contributed by atoms with E-state index in [1.54, 1.807) is 29.2 Å². The van der Waals surface area contributed by atoms with E-state index in [0.717, 1.165) is 39.7 Å². The van der Waals surface area contributed by atoms with Gasteiger partial charge >= 0.3 is 0 Å². The van der Waals surface area contributed by atoms with E-state index in [1.165, 1.54) is 11.3 Å². The van der Waals surface area contributed by atoms with Gasteiger partial charge in [0.2, 0.25) is 5.91 Å². The van der Waals surface area contributed by atoms with Gasteiger partial charge in [-0.2, -0.15) is 0 Å². The molecule has 176 valence electrons. The number of fused-ring (bicyclic) bond motifs is 1. The standard InChI is InChI=1S/C25H30N2O4S2/c1-17-8-10-21(11-9-17)33(29,30)13-5-7-23(28)27(16-20-6-4-12-31-20)25-26-22-15-18(2)14-19(3)24(22)32-25/h8-11,14-15,20H,4-7,12-13,16H2,1-3H3. The van der Waals surface area contributed by atoms with Crippen molar-refractivity contribution in [3.63, 3.8) is 0 Å². The van der Waals surface area contributed by atoms with E-state index in [2.05, 4.69) is 13.0 Å². The fourth-order valence-corrected chi connectivity index (χ4v) is 6.52. The average molecular weight is 487 g/mol. The van der Waals surface area contributed by atoms with E-state index < -0.39 is 9.84 Å². The molecule has 0 N–H and O–H groups in total. The maximum absolute atomic E-state index is 13.3. The lowest BCUT2D eigenvalue weighted by Crippen LogP contribution is -2.37. The predicted octanol–water partition coefficient (Wildman–Crippen LogP) is 4.99. The summed E-state index contributed by atoms with van der Waals surface area (Å²) in [4.78, 5) is 20.0. The molecule has 1 amide bonds. The second kappa shape index (κ2) is 9.91. The Labute approximate surface area is 199 Å². The SMILES string of the molecule is Cc1ccc(S(=O)(=O)CCCC(=O)N(CC2CCCO2)c2nc3cc(C)cc(C)c3s2)cc1. The Hall–Kier alpha value is -2.29. The number of sulfone groups is 1. The molecule has 33 heavy (non-hydrogen) atoms. The van der Waals surface area contributed by atoms with Gasteiger partial charge in [-0.15, -0.1) is 0 Å². The van der Waals surface area contributed by atoms with Crippen LogP contribution in [0.3, 0.4) is 0 Å². The summed E-state index contributed by atoms with van der Waals surface area (Å²) in [5.74, 6) is -0.175. The highest BCUT2D eigenvalue weighted by atomic mass is 32.2. The maximum atomic E-state index is 13.3. The number of aromatic nitrogens is 1. The van der Waals surface area contributed by atoms with Crippen molar-refractivity contribution in [1.29, 1.82) is 0 Å². The molecule has 0 saturated carbocycles. The summed E-state index contributed by atoms with van der Waals surface area (Å²) >= 11 is 1.51. The number of ether oxygens (including phenoxy) is 1. The van der Waals surface area contributed by atoms with Crippen LogP contribution in [0.2, 0.25) is 0 Å². The molecule has 2 heterocycles. The van der Waals surface area contributed by atoms with Crippen LogP contribution in [-0.2, 0) is 19.4 Å². The second-order valence-electron chi connectivity index (χ2n) is 8.80. The summed E-state index contributed by atoms with van der Waals surface area (Å²) in [7, 11) is -3.42. The Bertz CT molecular complexity index is 1240. The lowest BCUT2D eigenvalue weighted by atomic mass is 10.1. The summed E-state index contributed by atoms with van der Waals surface area (Å²) < 4.78 is 32.2. The highest BCUT2D eigenvalue weighted by molar-refractivity contribution is 7.91. The van der Waals surface area contributed by atoms with E-state index in [9.17, 15) is 13.2 Å². The number of carbonyl (C=O) groups is 1. The molecule has 8 heteroatoms. The Morgan fingerprint density at radius 1 is 1.15 bits per heavy atom. The lowest BCUT2D eigenvalue weighted by Gasteiger charge is -2.23. The Morgan fingerprint density at radius 3 is 2.61 bits per heavy atom. The number of anilines is 1. The minimum atomic E-state index is -3.42. The summed E-state index contributed by atoms with van der Waals surface area (Å²) in [5.41, 5.74) is 4.17. The van der Waals surface area contributed by atoms with Crippen LogP contribution in [0.15, 0.2) is 41.3 Å². The first-order chi connectivity index (χ1) is 15.7. The molecule has 0 spiro atoms. The van der Waals surface area contributed by atoms with Crippen molar-refractivity contribution >= 4 is 42.4 Å². The summed E-state index contributed by atoms with van der Waals surface area (Å²) in [6.45, 7) is 7.16. The molecule has 4 rings (SSSR count). The third-order valence-corrected chi connectivity index (χ3v) is 8.98. The second-order valence-corrected chi connectivity index (χ2v) is 11.9. The van der Waals surface area contributed by atoms with Crippen molar-refractivity contribution in [2.75, 3.05) is 23.8 Å². The molecule has 1 unspecified atom stereocenters. The van der Waals surface area contributed by atoms with Gasteiger partial charge in [-0.05, 0) is 69.4 Å². The largest absolute Gasteiger partial charge is 0.376 e. The summed E-state index contributed by atoms with van der Waals surface area (Å²) in [5, 5.41) is 0.653. The number of rotatable bonds is 8. The first-order valence-corrected chi connectivity index (χ1v) is 13.8. The molecular weight excluding hydrogens is 456 g/mol. The number of benzene rings is 2. The molecular formula is C25H30N2O4S2. The first kappa shape index (κ1) is 23.9. The molecule has 1 aromatic heterocycles. The zero-order chi connectivity index (χ0) is 23.6. The smallest absolute Gasteiger partial charge is 0.228 e. The van der Waals surface area contributed by atoms with Crippen LogP contribution in [0.25, 0.3) is 10.2 Å². The molecule has 3 aromatic rings. The summed E-state index contributed by atoms with van der Waals surface area (Å²) in [6.07, 6.45) is 2.29. The zero-order valence-electron chi connectivity index (χ0n) is 19.3. The minimum Gasteiger partial charge on any atom is -0.376 e. The van der Waals surface area contributed by atoms with Crippen LogP contribution in [0, 0.1) is 20.8 Å². The topological polar surface area (TPSA) is 76.6 Å². The van der Waals surface area contributed by atoms with Crippen LogP contribution in [-0.4, -0.2) is 44.3 Å². The third kappa shape index (κ3) is 5.62. The van der Waals surface area contributed by atoms with Gasteiger partial charge in [-0.3, -0.25) is 9.69 Å². The highest BCUT2D eigenvalue weighted by Crippen LogP contribution is 2.33. The van der Waals surface area contributed by atoms with Gasteiger partial charge in [0.1, 0.15) is 0 Å². The molecule has 1 aliphatic rings. The van der Waals surface area contributed by atoms with Crippen LogP contribution >= 0.6 is 11.3 Å². The number of hydrogen-bond acceptors (Lipinski definition) is 6. The van der Waals surface area contributed by atoms with Crippen molar-refractivity contribution in [3.8, 4) is 0 Å². The van der Waals surface area contributed by atoms with Crippen molar-refractivity contribution in [2.45, 2.75) is 57.5 Å². The van der Waals surface area contributed by atoms with E-state index in [1.807, 2.05) is 19.9 Å². The Balaban J connectivity index is 1.50. The van der Waals surface area contributed by atoms with E-state index in [0.29, 0.717) is 23.2 Å². The van der Waals surface area contributed by atoms with Gasteiger partial charge in [0.05, 0.1) is 33.5 Å². The Kier molecular flexibility index (Phi) is 7.16. The molecule has 1 saturated heterocycles. The maximum Gasteiger partial charge on any atom is 0.228 e. The highest BCUT2D eigenvalue weighted by Gasteiger charge is 2.27. The number of carbonyl (C=O) groups excluding carboxylic acids is 1. The molecule has 1 aliphatic heterocycles. The predicted molar refractivity (Wildman–Crippen MR) is 133 cm³/mol. The van der Waals surface area contributed by atoms with E-state index in [4.69, 9.17) is 9.72 Å². The minimum absolute atomic E-state index is 0.0138. The fraction of sp³-hybridized carbons (Fsp3) is 0.440. The monoisotopic (exact) mass is 486 g/mol. The normalized spacial score (nSPS) is 16.4. The van der Waals surface area contributed by atoms with Crippen LogP contribution in [0.1, 0.15) is 42.4 Å². The Morgan fingerprint density at radius 2 is 1.91 bits per heavy atom. The van der Waals surface area contributed by atoms with Gasteiger partial charge in [0.15, 0.2) is 15.0 Å². The number of aryl methyl sites for hydroxylation is 3. The van der Waals surface area contributed by atoms with Crippen molar-refractivity contribution < 1.29 is 17.9 Å². The number of nitrogens with zero attached hydrogens (tertiary/aromatic N) is 2. The number of thiazole rings is 1. The third-order valence-electron chi connectivity index (χ3n) is 5.93. The molecule has 0 aliphatic carbocycles.